The summed E-state index contributed by atoms with van der Waals surface area (Å²) in [6.45, 7) is 8.02. The number of nitrogens with two attached hydrogens (primary N) is 1. The summed E-state index contributed by atoms with van der Waals surface area (Å²) in [7, 11) is 2.08. The smallest absolute Gasteiger partial charge is 0.0640 e. The number of halogens is 2. The highest BCUT2D eigenvalue weighted by Gasteiger charge is 2.23. The van der Waals surface area contributed by atoms with Crippen LogP contribution >= 0.6 is 23.2 Å². The van der Waals surface area contributed by atoms with Crippen molar-refractivity contribution >= 4 is 23.2 Å². The zero-order valence-electron chi connectivity index (χ0n) is 11.5. The molecule has 0 saturated carbocycles. The van der Waals surface area contributed by atoms with Gasteiger partial charge in [0.25, 0.3) is 0 Å². The van der Waals surface area contributed by atoms with Crippen molar-refractivity contribution in [3.8, 4) is 0 Å². The van der Waals surface area contributed by atoms with Gasteiger partial charge in [-0.3, -0.25) is 4.90 Å². The van der Waals surface area contributed by atoms with E-state index in [0.717, 1.165) is 12.1 Å². The molecule has 4 heteroatoms. The summed E-state index contributed by atoms with van der Waals surface area (Å²) in [5, 5.41) is 1.25. The predicted molar refractivity (Wildman–Crippen MR) is 80.3 cm³/mol. The second-order valence-electron chi connectivity index (χ2n) is 5.60. The lowest BCUT2D eigenvalue weighted by molar-refractivity contribution is 0.174. The van der Waals surface area contributed by atoms with Crippen LogP contribution in [0.2, 0.25) is 10.0 Å². The molecule has 18 heavy (non-hydrogen) atoms. The lowest BCUT2D eigenvalue weighted by atomic mass is 9.92. The predicted octanol–water partition coefficient (Wildman–Crippen LogP) is 3.97. The Hall–Kier alpha value is -0.280. The van der Waals surface area contributed by atoms with E-state index in [-0.39, 0.29) is 11.5 Å². The van der Waals surface area contributed by atoms with Gasteiger partial charge in [-0.25, -0.2) is 0 Å². The molecule has 0 radical (unpaired) electrons. The second kappa shape index (κ2) is 6.25. The first-order valence-electron chi connectivity index (χ1n) is 6.13. The quantitative estimate of drug-likeness (QED) is 0.888. The van der Waals surface area contributed by atoms with Crippen LogP contribution < -0.4 is 5.73 Å². The van der Waals surface area contributed by atoms with Gasteiger partial charge < -0.3 is 5.73 Å². The minimum Gasteiger partial charge on any atom is -0.330 e. The Labute approximate surface area is 120 Å². The molecule has 0 spiro atoms. The van der Waals surface area contributed by atoms with Crippen molar-refractivity contribution in [2.75, 3.05) is 20.1 Å². The Morgan fingerprint density at radius 1 is 1.33 bits per heavy atom. The van der Waals surface area contributed by atoms with Gasteiger partial charge in [0.15, 0.2) is 0 Å². The average molecular weight is 289 g/mol. The molecule has 0 fully saturated rings. The highest BCUT2D eigenvalue weighted by molar-refractivity contribution is 6.42. The first kappa shape index (κ1) is 15.8. The van der Waals surface area contributed by atoms with Crippen LogP contribution in [0.1, 0.15) is 32.4 Å². The van der Waals surface area contributed by atoms with Gasteiger partial charge in [-0.2, -0.15) is 0 Å². The van der Waals surface area contributed by atoms with Crippen molar-refractivity contribution in [2.24, 2.45) is 11.1 Å². The van der Waals surface area contributed by atoms with Crippen molar-refractivity contribution in [3.63, 3.8) is 0 Å². The lowest BCUT2D eigenvalue weighted by Crippen LogP contribution is -2.38. The van der Waals surface area contributed by atoms with E-state index in [2.05, 4.69) is 32.7 Å². The van der Waals surface area contributed by atoms with Crippen LogP contribution in [0.3, 0.4) is 0 Å². The maximum atomic E-state index is 6.25. The van der Waals surface area contributed by atoms with Gasteiger partial charge in [-0.05, 0) is 37.6 Å². The summed E-state index contributed by atoms with van der Waals surface area (Å²) in [6, 6.07) is 5.97. The average Bonchev–Trinajstić information content (AvgIpc) is 2.31. The van der Waals surface area contributed by atoms with Gasteiger partial charge in [0.2, 0.25) is 0 Å². The van der Waals surface area contributed by atoms with E-state index in [4.69, 9.17) is 28.9 Å². The Morgan fingerprint density at radius 3 is 2.50 bits per heavy atom. The van der Waals surface area contributed by atoms with Gasteiger partial charge in [0.1, 0.15) is 0 Å². The van der Waals surface area contributed by atoms with E-state index in [9.17, 15) is 0 Å². The van der Waals surface area contributed by atoms with Crippen molar-refractivity contribution in [3.05, 3.63) is 33.8 Å². The molecule has 2 nitrogen and oxygen atoms in total. The number of hydrogen-bond acceptors (Lipinski definition) is 2. The third-order valence-electron chi connectivity index (χ3n) is 3.32. The summed E-state index contributed by atoms with van der Waals surface area (Å²) in [5.74, 6) is 0. The van der Waals surface area contributed by atoms with Crippen LogP contribution in [0.5, 0.6) is 0 Å². The Balaban J connectivity index is 2.87. The molecule has 0 bridgehead atoms. The van der Waals surface area contributed by atoms with Crippen molar-refractivity contribution in [2.45, 2.75) is 26.8 Å². The van der Waals surface area contributed by atoms with E-state index in [1.807, 2.05) is 18.2 Å². The standard InChI is InChI=1S/C14H22Cl2N2/c1-10(18(4)9-14(2,3)8-17)11-6-5-7-12(15)13(11)16/h5-7,10H,8-9,17H2,1-4H3. The first-order chi connectivity index (χ1) is 8.28. The molecule has 0 aliphatic carbocycles. The molecule has 0 amide bonds. The second-order valence-corrected chi connectivity index (χ2v) is 6.39. The van der Waals surface area contributed by atoms with Gasteiger partial charge >= 0.3 is 0 Å². The third kappa shape index (κ3) is 3.86. The number of hydrogen-bond donors (Lipinski definition) is 1. The van der Waals surface area contributed by atoms with Crippen LogP contribution in [0, 0.1) is 5.41 Å². The fourth-order valence-corrected chi connectivity index (χ4v) is 2.42. The number of nitrogens with zero attached hydrogens (tertiary/aromatic N) is 1. The van der Waals surface area contributed by atoms with Gasteiger partial charge in [-0.15, -0.1) is 0 Å². The Kier molecular flexibility index (Phi) is 5.47. The normalized spacial score (nSPS) is 14.0. The third-order valence-corrected chi connectivity index (χ3v) is 4.16. The minimum atomic E-state index is 0.0913. The zero-order chi connectivity index (χ0) is 13.9. The van der Waals surface area contributed by atoms with E-state index >= 15 is 0 Å². The Morgan fingerprint density at radius 2 is 1.94 bits per heavy atom. The van der Waals surface area contributed by atoms with Crippen LogP contribution in [0.15, 0.2) is 18.2 Å². The van der Waals surface area contributed by atoms with Crippen molar-refractivity contribution in [1.29, 1.82) is 0 Å². The fourth-order valence-electron chi connectivity index (χ4n) is 1.96. The molecule has 0 heterocycles. The van der Waals surface area contributed by atoms with Crippen LogP contribution in [0.4, 0.5) is 0 Å². The van der Waals surface area contributed by atoms with Crippen LogP contribution in [0.25, 0.3) is 0 Å². The van der Waals surface area contributed by atoms with E-state index in [1.165, 1.54) is 0 Å². The van der Waals surface area contributed by atoms with E-state index in [1.54, 1.807) is 0 Å². The SMILES string of the molecule is CC(c1cccc(Cl)c1Cl)N(C)CC(C)(C)CN. The zero-order valence-corrected chi connectivity index (χ0v) is 13.0. The molecule has 1 rings (SSSR count). The lowest BCUT2D eigenvalue weighted by Gasteiger charge is -2.33. The van der Waals surface area contributed by atoms with Crippen LogP contribution in [-0.4, -0.2) is 25.0 Å². The molecule has 1 unspecified atom stereocenters. The first-order valence-corrected chi connectivity index (χ1v) is 6.88. The van der Waals surface area contributed by atoms with E-state index < -0.39 is 0 Å². The molecule has 1 aromatic rings. The number of rotatable bonds is 5. The molecule has 1 atom stereocenters. The molecule has 0 aliphatic heterocycles. The molecule has 2 N–H and O–H groups in total. The molecule has 0 aliphatic rings. The number of benzene rings is 1. The largest absolute Gasteiger partial charge is 0.330 e. The fraction of sp³-hybridized carbons (Fsp3) is 0.571. The molecule has 102 valence electrons. The summed E-state index contributed by atoms with van der Waals surface area (Å²) in [6.07, 6.45) is 0. The van der Waals surface area contributed by atoms with Crippen LogP contribution in [-0.2, 0) is 0 Å². The summed E-state index contributed by atoms with van der Waals surface area (Å²) in [4.78, 5) is 2.25. The monoisotopic (exact) mass is 288 g/mol. The topological polar surface area (TPSA) is 29.3 Å². The summed E-state index contributed by atoms with van der Waals surface area (Å²) in [5.41, 5.74) is 6.92. The Bertz CT molecular complexity index is 405. The van der Waals surface area contributed by atoms with Gasteiger partial charge in [0.05, 0.1) is 10.0 Å². The molecule has 0 saturated heterocycles. The highest BCUT2D eigenvalue weighted by atomic mass is 35.5. The molecular formula is C14H22Cl2N2. The van der Waals surface area contributed by atoms with Crippen molar-refractivity contribution < 1.29 is 0 Å². The maximum absolute atomic E-state index is 6.25. The van der Waals surface area contributed by atoms with Gasteiger partial charge in [0, 0.05) is 12.6 Å². The highest BCUT2D eigenvalue weighted by Crippen LogP contribution is 2.33. The summed E-state index contributed by atoms with van der Waals surface area (Å²) >= 11 is 12.3. The minimum absolute atomic E-state index is 0.0913. The van der Waals surface area contributed by atoms with Crippen molar-refractivity contribution in [1.82, 2.24) is 4.90 Å². The molecule has 0 aromatic heterocycles. The maximum Gasteiger partial charge on any atom is 0.0640 e. The van der Waals surface area contributed by atoms with Gasteiger partial charge in [-0.1, -0.05) is 49.2 Å². The van der Waals surface area contributed by atoms with E-state index in [0.29, 0.717) is 16.6 Å². The summed E-state index contributed by atoms with van der Waals surface area (Å²) < 4.78 is 0. The molecular weight excluding hydrogens is 267 g/mol. The molecule has 1 aromatic carbocycles.